The van der Waals surface area contributed by atoms with Crippen molar-refractivity contribution in [1.82, 2.24) is 25.8 Å². The van der Waals surface area contributed by atoms with E-state index in [0.29, 0.717) is 63.0 Å². The Balaban J connectivity index is 0.954. The van der Waals surface area contributed by atoms with E-state index < -0.39 is 82.2 Å². The number of allylic oxidation sites excluding steroid dienone is 3. The van der Waals surface area contributed by atoms with Gasteiger partial charge in [-0.2, -0.15) is 0 Å². The lowest BCUT2D eigenvalue weighted by Crippen LogP contribution is -2.54. The van der Waals surface area contributed by atoms with Crippen LogP contribution in [0.5, 0.6) is 11.5 Å². The first-order valence-electron chi connectivity index (χ1n) is 34.6. The average molecular weight is 1390 g/mol. The van der Waals surface area contributed by atoms with Crippen LogP contribution in [0.15, 0.2) is 98.7 Å². The number of nitrogens with zero attached hydrogens (tertiary/aromatic N) is 3. The number of phenols is 1. The molecule has 1 fully saturated rings. The molecule has 5 heterocycles. The number of rotatable bonds is 20. The minimum Gasteiger partial charge on any atom is -0.507 e. The zero-order valence-corrected chi connectivity index (χ0v) is 59.1. The molecule has 0 radical (unpaired) electrons. The molecule has 0 saturated carbocycles. The molecule has 4 aliphatic rings. The van der Waals surface area contributed by atoms with Gasteiger partial charge in [-0.25, -0.2) is 9.78 Å². The van der Waals surface area contributed by atoms with E-state index in [2.05, 4.69) is 40.4 Å². The average Bonchev–Trinajstić information content (AvgIpc) is 1.66. The first kappa shape index (κ1) is 75.1. The van der Waals surface area contributed by atoms with Crippen molar-refractivity contribution >= 4 is 103 Å². The van der Waals surface area contributed by atoms with E-state index in [1.165, 1.54) is 52.4 Å². The second kappa shape index (κ2) is 32.5. The molecule has 0 spiro atoms. The third-order valence-corrected chi connectivity index (χ3v) is 19.4. The van der Waals surface area contributed by atoms with Crippen LogP contribution in [0, 0.1) is 36.5 Å². The molecule has 101 heavy (non-hydrogen) atoms. The van der Waals surface area contributed by atoms with Crippen LogP contribution in [0.2, 0.25) is 0 Å². The van der Waals surface area contributed by atoms with Crippen molar-refractivity contribution < 1.29 is 71.9 Å². The fourth-order valence-electron chi connectivity index (χ4n) is 14.0. The first-order chi connectivity index (χ1) is 48.0. The molecule has 9 atom stereocenters. The number of ether oxygens (including phenoxy) is 4. The number of aromatic nitrogens is 1. The Hall–Kier alpha value is -10.1. The quantitative estimate of drug-likeness (QED) is 0.0119. The molecular weight excluding hydrogens is 1300 g/mol. The summed E-state index contributed by atoms with van der Waals surface area (Å²) < 4.78 is 31.1. The maximum Gasteiger partial charge on any atom is 0.312 e. The maximum atomic E-state index is 15.2. The number of anilines is 3. The normalized spacial score (nSPS) is 23.3. The van der Waals surface area contributed by atoms with E-state index >= 15 is 4.79 Å². The predicted octanol–water partition coefficient (Wildman–Crippen LogP) is 8.50. The number of esters is 1. The zero-order valence-electron chi connectivity index (χ0n) is 59.1. The van der Waals surface area contributed by atoms with Crippen molar-refractivity contribution in [3.8, 4) is 11.5 Å². The number of methoxy groups -OCH3 is 1. The van der Waals surface area contributed by atoms with E-state index in [9.17, 15) is 53.4 Å². The number of piperidine rings is 1. The maximum absolute atomic E-state index is 15.2. The number of aromatic hydroxyl groups is 1. The minimum atomic E-state index is -1.98. The van der Waals surface area contributed by atoms with Crippen molar-refractivity contribution in [2.75, 3.05) is 48.8 Å². The zero-order chi connectivity index (χ0) is 73.3. The second-order valence-corrected chi connectivity index (χ2v) is 27.6. The molecule has 4 bridgehead atoms. The Kier molecular flexibility index (Phi) is 24.1. The highest BCUT2D eigenvalue weighted by molar-refractivity contribution is 6.17. The van der Waals surface area contributed by atoms with Crippen LogP contribution < -0.4 is 58.0 Å². The van der Waals surface area contributed by atoms with Crippen LogP contribution in [-0.2, 0) is 47.8 Å². The Morgan fingerprint density at radius 1 is 0.871 bits per heavy atom. The first-order valence-corrected chi connectivity index (χ1v) is 34.6. The summed E-state index contributed by atoms with van der Waals surface area (Å²) in [5.41, 5.74) is 5.08. The Labute approximate surface area is 585 Å². The summed E-state index contributed by atoms with van der Waals surface area (Å²) >= 11 is 0. The lowest BCUT2D eigenvalue weighted by molar-refractivity contribution is -0.155. The molecule has 1 saturated heterocycles. The van der Waals surface area contributed by atoms with Gasteiger partial charge in [0.1, 0.15) is 40.9 Å². The molecule has 0 aliphatic carbocycles. The Morgan fingerprint density at radius 3 is 2.24 bits per heavy atom. The van der Waals surface area contributed by atoms with Gasteiger partial charge in [-0.3, -0.25) is 48.1 Å². The number of amides is 8. The van der Waals surface area contributed by atoms with Gasteiger partial charge in [0.2, 0.25) is 28.6 Å². The van der Waals surface area contributed by atoms with E-state index in [0.717, 1.165) is 16.9 Å². The third kappa shape index (κ3) is 17.4. The molecule has 8 amide bonds. The summed E-state index contributed by atoms with van der Waals surface area (Å²) in [6, 6.07) is 7.61. The highest BCUT2D eigenvalue weighted by atomic mass is 16.7. The summed E-state index contributed by atoms with van der Waals surface area (Å²) in [5.74, 6) is -6.96. The van der Waals surface area contributed by atoms with Gasteiger partial charge >= 0.3 is 17.8 Å². The molecule has 5 aromatic rings. The molecule has 540 valence electrons. The van der Waals surface area contributed by atoms with E-state index in [-0.39, 0.29) is 146 Å². The number of unbranched alkanes of at least 4 members (excludes halogenated alkanes) is 2. The summed E-state index contributed by atoms with van der Waals surface area (Å²) in [6.45, 7) is 18.9. The number of benzene rings is 4. The monoisotopic (exact) mass is 1390 g/mol. The van der Waals surface area contributed by atoms with Gasteiger partial charge in [0, 0.05) is 112 Å². The topological polar surface area (TPSA) is 367 Å². The van der Waals surface area contributed by atoms with Crippen molar-refractivity contribution in [2.45, 2.75) is 169 Å². The molecule has 1 aromatic heterocycles. The number of carbonyl (C=O) groups excluding carboxylic acids is 8. The number of nitrogens with one attached hydrogen (secondary N) is 5. The van der Waals surface area contributed by atoms with Gasteiger partial charge in [0.05, 0.1) is 23.0 Å². The van der Waals surface area contributed by atoms with E-state index in [1.807, 2.05) is 37.0 Å². The Morgan fingerprint density at radius 2 is 1.57 bits per heavy atom. The summed E-state index contributed by atoms with van der Waals surface area (Å²) in [6.07, 6.45) is 14.3. The van der Waals surface area contributed by atoms with Gasteiger partial charge in [-0.1, -0.05) is 78.3 Å². The smallest absolute Gasteiger partial charge is 0.312 e. The van der Waals surface area contributed by atoms with E-state index in [1.54, 1.807) is 57.2 Å². The largest absolute Gasteiger partial charge is 0.507 e. The molecule has 1 unspecified atom stereocenters. The minimum absolute atomic E-state index is 0.0226. The fourth-order valence-corrected chi connectivity index (χ4v) is 14.0. The highest BCUT2D eigenvalue weighted by Crippen LogP contribution is 2.43. The standard InChI is InChI=1S/C75H93N9O17/c1-39(2)61(80-55(87)20-13-12-14-31-84-56(88)25-26-57(84)89)73(95)79-51(19-16-30-77-74(76)96)72(94)78-49-23-21-47(22-24-49)48-27-32-83(33-28-48)50-37-52(86)62-54(38-50)100-69-63(81-62)58-59-65(90)45(8)68-60(58)70(92)75(10,101-68)98-34-29-53(97-11)44(7)67(99-46(9)85)43(6)36-41(4)35-40(3)17-15-18-42(5)71(93)82-64(69)66(59)91/h15,17-18,21-26,29,34,37-41,43-44,48,51,53,61,67,90,92H,12-14,16,19-20,27-28,30-33,35-36H2,1-11H3,(H,78,94)(H,79,95)(H,80,87)(H,82,93)(H3,76,77,96)/b17-15+,34-29+,42-18-/t40-,41+,43+,44+,51-,53-,61?,67-,75-/m0/s1. The van der Waals surface area contributed by atoms with Gasteiger partial charge in [0.25, 0.3) is 17.7 Å². The van der Waals surface area contributed by atoms with Crippen LogP contribution in [0.3, 0.4) is 0 Å². The number of nitrogens with two attached hydrogens (primary N) is 1. The molecule has 4 aliphatic heterocycles. The summed E-state index contributed by atoms with van der Waals surface area (Å²) in [4.78, 5) is 141. The van der Waals surface area contributed by atoms with Crippen LogP contribution >= 0.6 is 0 Å². The van der Waals surface area contributed by atoms with Gasteiger partial charge < -0.3 is 70.8 Å². The summed E-state index contributed by atoms with van der Waals surface area (Å²) in [7, 11) is 1.52. The van der Waals surface area contributed by atoms with Crippen LogP contribution in [0.1, 0.15) is 144 Å². The number of aliphatic hydroxyl groups is 1. The Bertz CT molecular complexity index is 4330. The third-order valence-electron chi connectivity index (χ3n) is 19.4. The number of fused-ring (bicyclic) bond motifs is 2. The molecule has 9 rings (SSSR count). The van der Waals surface area contributed by atoms with Crippen molar-refractivity contribution in [2.24, 2.45) is 35.3 Å². The number of hydrogen-bond donors (Lipinski definition) is 8. The second-order valence-electron chi connectivity index (χ2n) is 27.6. The SMILES string of the molecule is CO[C@H]1/C=C/O[C@@]2(C)Oc3c(C)c(O)c4c(=O)c(c5oc6cc(N7CCC(c8ccc(NC(=O)[C@H](CCCNC(N)=O)NC(=O)C(NC(=O)CCCCCN9C(=O)C=CC9=O)C(C)C)cc8)CC7)cc(=O)c6nc5c4c3=C2O)NC(=O)/C(C)=C\C=C\[C@H](C)C[C@@H](C)C[C@@H](C)[C@H](OC(C)=O)[C@@H]1C. The van der Waals surface area contributed by atoms with Crippen molar-refractivity contribution in [3.63, 3.8) is 0 Å². The number of phenolic OH excluding ortho intramolecular Hbond substituents is 1. The molecule has 26 nitrogen and oxygen atoms in total. The lowest BCUT2D eigenvalue weighted by Gasteiger charge is -2.34. The van der Waals surface area contributed by atoms with Crippen LogP contribution in [0.4, 0.5) is 21.9 Å². The molecular formula is C75H93N9O17. The number of carbonyl (C=O) groups is 8. The molecule has 26 heteroatoms. The van der Waals surface area contributed by atoms with Crippen molar-refractivity contribution in [1.29, 1.82) is 0 Å². The number of primary amides is 1. The number of aliphatic hydroxyl groups excluding tert-OH is 1. The van der Waals surface area contributed by atoms with Gasteiger partial charge in [-0.05, 0) is 119 Å². The fraction of sp³-hybridized carbons (Fsp3) is 0.480. The number of hydrogen-bond acceptors (Lipinski definition) is 19. The lowest BCUT2D eigenvalue weighted by atomic mass is 9.82. The highest BCUT2D eigenvalue weighted by Gasteiger charge is 2.44. The van der Waals surface area contributed by atoms with Gasteiger partial charge in [0.15, 0.2) is 22.4 Å². The van der Waals surface area contributed by atoms with Crippen LogP contribution in [0.25, 0.3) is 38.7 Å². The van der Waals surface area contributed by atoms with E-state index in [4.69, 9.17) is 34.1 Å². The van der Waals surface area contributed by atoms with Crippen LogP contribution in [-0.4, -0.2) is 131 Å². The summed E-state index contributed by atoms with van der Waals surface area (Å²) in [5, 5.41) is 37.6. The number of imide groups is 1. The molecule has 4 aromatic carbocycles. The van der Waals surface area contributed by atoms with Crippen molar-refractivity contribution in [3.05, 3.63) is 121 Å². The molecule has 9 N–H and O–H groups in total. The van der Waals surface area contributed by atoms with Gasteiger partial charge in [-0.15, -0.1) is 0 Å². The number of urea groups is 1. The predicted molar refractivity (Wildman–Crippen MR) is 381 cm³/mol.